The van der Waals surface area contributed by atoms with Crippen molar-refractivity contribution in [2.75, 3.05) is 19.6 Å². The Morgan fingerprint density at radius 1 is 1.06 bits per heavy atom. The van der Waals surface area contributed by atoms with E-state index in [0.29, 0.717) is 31.3 Å². The van der Waals surface area contributed by atoms with Gasteiger partial charge in [-0.1, -0.05) is 45.9 Å². The lowest BCUT2D eigenvalue weighted by atomic mass is 10.1. The molecule has 4 amide bonds. The van der Waals surface area contributed by atoms with Crippen LogP contribution in [0.5, 0.6) is 0 Å². The highest BCUT2D eigenvalue weighted by Crippen LogP contribution is 2.21. The van der Waals surface area contributed by atoms with Crippen molar-refractivity contribution < 1.29 is 14.4 Å². The highest BCUT2D eigenvalue weighted by Gasteiger charge is 2.39. The van der Waals surface area contributed by atoms with Crippen LogP contribution in [0.1, 0.15) is 46.1 Å². The van der Waals surface area contributed by atoms with Crippen LogP contribution in [0.25, 0.3) is 10.9 Å². The fourth-order valence-corrected chi connectivity index (χ4v) is 3.81. The molecule has 0 aliphatic carbocycles. The Labute approximate surface area is 184 Å². The Bertz CT molecular complexity index is 922. The van der Waals surface area contributed by atoms with Gasteiger partial charge in [0.2, 0.25) is 5.91 Å². The molecule has 1 aromatic heterocycles. The van der Waals surface area contributed by atoms with Crippen LogP contribution in [0, 0.1) is 11.8 Å². The topological polar surface area (TPSA) is 85.5 Å². The van der Waals surface area contributed by atoms with Crippen LogP contribution in [-0.2, 0) is 16.0 Å². The quantitative estimate of drug-likeness (QED) is 0.570. The number of nitrogens with zero attached hydrogens (tertiary/aromatic N) is 2. The number of nitrogens with one attached hydrogen (secondary N) is 2. The molecule has 0 spiro atoms. The van der Waals surface area contributed by atoms with Gasteiger partial charge in [-0.25, -0.2) is 4.79 Å². The molecule has 2 heterocycles. The number of hydrogen-bond acceptors (Lipinski definition) is 3. The molecule has 0 saturated carbocycles. The molecule has 1 saturated heterocycles. The van der Waals surface area contributed by atoms with E-state index in [9.17, 15) is 14.4 Å². The lowest BCUT2D eigenvalue weighted by Gasteiger charge is -2.26. The Morgan fingerprint density at radius 2 is 1.71 bits per heavy atom. The van der Waals surface area contributed by atoms with Gasteiger partial charge in [0.15, 0.2) is 0 Å². The fourth-order valence-electron chi connectivity index (χ4n) is 3.81. The summed E-state index contributed by atoms with van der Waals surface area (Å²) in [5.41, 5.74) is 1.96. The number of carbonyl (C=O) groups is 3. The van der Waals surface area contributed by atoms with Gasteiger partial charge in [-0.2, -0.15) is 0 Å². The molecule has 3 rings (SSSR count). The zero-order chi connectivity index (χ0) is 22.5. The number of benzene rings is 1. The SMILES string of the molecule is CC(C)CCN(CCC(C)C)C(=O)CN1C(=O)N[C@@H](Cc2c[nH]c3ccccc23)C1=O. The molecule has 1 fully saturated rings. The summed E-state index contributed by atoms with van der Waals surface area (Å²) >= 11 is 0. The minimum Gasteiger partial charge on any atom is -0.361 e. The van der Waals surface area contributed by atoms with Gasteiger partial charge in [0.05, 0.1) is 0 Å². The number of urea groups is 1. The second-order valence-electron chi connectivity index (χ2n) is 9.24. The number of rotatable bonds is 10. The van der Waals surface area contributed by atoms with Crippen LogP contribution in [-0.4, -0.2) is 58.3 Å². The summed E-state index contributed by atoms with van der Waals surface area (Å²) < 4.78 is 0. The molecule has 1 aliphatic heterocycles. The van der Waals surface area contributed by atoms with Crippen molar-refractivity contribution in [2.45, 2.75) is 53.0 Å². The van der Waals surface area contributed by atoms with E-state index in [1.807, 2.05) is 30.5 Å². The Morgan fingerprint density at radius 3 is 2.35 bits per heavy atom. The third-order valence-electron chi connectivity index (χ3n) is 5.80. The van der Waals surface area contributed by atoms with Gasteiger partial charge < -0.3 is 15.2 Å². The molecule has 1 aliphatic rings. The Kier molecular flexibility index (Phi) is 7.36. The summed E-state index contributed by atoms with van der Waals surface area (Å²) in [6.07, 6.45) is 4.06. The van der Waals surface area contributed by atoms with Gasteiger partial charge in [-0.3, -0.25) is 14.5 Å². The second kappa shape index (κ2) is 9.98. The lowest BCUT2D eigenvalue weighted by molar-refractivity contribution is -0.137. The van der Waals surface area contributed by atoms with Crippen molar-refractivity contribution in [3.8, 4) is 0 Å². The zero-order valence-corrected chi connectivity index (χ0v) is 19.0. The maximum atomic E-state index is 13.0. The predicted molar refractivity (Wildman–Crippen MR) is 122 cm³/mol. The summed E-state index contributed by atoms with van der Waals surface area (Å²) in [7, 11) is 0. The molecule has 0 bridgehead atoms. The number of fused-ring (bicyclic) bond motifs is 1. The van der Waals surface area contributed by atoms with Gasteiger partial charge in [-0.15, -0.1) is 0 Å². The Balaban J connectivity index is 1.65. The zero-order valence-electron chi connectivity index (χ0n) is 19.0. The summed E-state index contributed by atoms with van der Waals surface area (Å²) in [6, 6.07) is 6.72. The van der Waals surface area contributed by atoms with Crippen molar-refractivity contribution in [2.24, 2.45) is 11.8 Å². The van der Waals surface area contributed by atoms with Crippen LogP contribution in [0.2, 0.25) is 0 Å². The predicted octanol–water partition coefficient (Wildman–Crippen LogP) is 3.55. The number of aromatic nitrogens is 1. The van der Waals surface area contributed by atoms with E-state index in [1.54, 1.807) is 4.90 Å². The smallest absolute Gasteiger partial charge is 0.325 e. The standard InChI is InChI=1S/C24H34N4O3/c1-16(2)9-11-27(12-10-17(3)4)22(29)15-28-23(30)21(26-24(28)31)13-18-14-25-20-8-6-5-7-19(18)20/h5-8,14,16-17,21,25H,9-13,15H2,1-4H3,(H,26,31)/t21-/m0/s1. The largest absolute Gasteiger partial charge is 0.361 e. The first-order valence-electron chi connectivity index (χ1n) is 11.2. The Hall–Kier alpha value is -2.83. The number of H-pyrrole nitrogens is 1. The molecule has 31 heavy (non-hydrogen) atoms. The molecular weight excluding hydrogens is 392 g/mol. The number of amides is 4. The van der Waals surface area contributed by atoms with Gasteiger partial charge in [-0.05, 0) is 36.3 Å². The average Bonchev–Trinajstić information content (AvgIpc) is 3.24. The molecule has 7 nitrogen and oxygen atoms in total. The molecule has 1 aromatic carbocycles. The van der Waals surface area contributed by atoms with E-state index in [1.165, 1.54) is 0 Å². The molecular formula is C24H34N4O3. The average molecular weight is 427 g/mol. The number of hydrogen-bond donors (Lipinski definition) is 2. The van der Waals surface area contributed by atoms with Crippen LogP contribution in [0.15, 0.2) is 30.5 Å². The number of imide groups is 1. The molecule has 0 radical (unpaired) electrons. The van der Waals surface area contributed by atoms with Gasteiger partial charge in [0.25, 0.3) is 5.91 Å². The number of carbonyl (C=O) groups excluding carboxylic acids is 3. The molecule has 0 unspecified atom stereocenters. The fraction of sp³-hybridized carbons (Fsp3) is 0.542. The van der Waals surface area contributed by atoms with E-state index in [0.717, 1.165) is 34.2 Å². The third-order valence-corrected chi connectivity index (χ3v) is 5.80. The molecule has 168 valence electrons. The van der Waals surface area contributed by atoms with Crippen molar-refractivity contribution in [3.05, 3.63) is 36.0 Å². The second-order valence-corrected chi connectivity index (χ2v) is 9.24. The van der Waals surface area contributed by atoms with Crippen molar-refractivity contribution in [1.82, 2.24) is 20.1 Å². The van der Waals surface area contributed by atoms with Gasteiger partial charge in [0.1, 0.15) is 12.6 Å². The minimum absolute atomic E-state index is 0.169. The summed E-state index contributed by atoms with van der Waals surface area (Å²) in [4.78, 5) is 44.4. The minimum atomic E-state index is -0.653. The first-order valence-corrected chi connectivity index (χ1v) is 11.2. The normalized spacial score (nSPS) is 16.6. The van der Waals surface area contributed by atoms with Gasteiger partial charge in [0, 0.05) is 36.6 Å². The molecule has 7 heteroatoms. The lowest BCUT2D eigenvalue weighted by Crippen LogP contribution is -2.44. The number of para-hydroxylation sites is 1. The van der Waals surface area contributed by atoms with E-state index in [4.69, 9.17) is 0 Å². The molecule has 2 aromatic rings. The maximum Gasteiger partial charge on any atom is 0.325 e. The first kappa shape index (κ1) is 22.8. The van der Waals surface area contributed by atoms with Crippen molar-refractivity contribution in [1.29, 1.82) is 0 Å². The van der Waals surface area contributed by atoms with Gasteiger partial charge >= 0.3 is 6.03 Å². The maximum absolute atomic E-state index is 13.0. The monoisotopic (exact) mass is 426 g/mol. The highest BCUT2D eigenvalue weighted by atomic mass is 16.2. The van der Waals surface area contributed by atoms with Crippen molar-refractivity contribution >= 4 is 28.7 Å². The number of aromatic amines is 1. The van der Waals surface area contributed by atoms with Crippen LogP contribution >= 0.6 is 0 Å². The third kappa shape index (κ3) is 5.66. The summed E-state index contributed by atoms with van der Waals surface area (Å²) in [5.74, 6) is 0.451. The first-order chi connectivity index (χ1) is 14.8. The van der Waals surface area contributed by atoms with E-state index >= 15 is 0 Å². The van der Waals surface area contributed by atoms with Crippen molar-refractivity contribution in [3.63, 3.8) is 0 Å². The summed E-state index contributed by atoms with van der Waals surface area (Å²) in [5, 5.41) is 3.79. The van der Waals surface area contributed by atoms with Crippen LogP contribution in [0.4, 0.5) is 4.79 Å². The van der Waals surface area contributed by atoms with Crippen LogP contribution < -0.4 is 5.32 Å². The van der Waals surface area contributed by atoms with E-state index in [-0.39, 0.29) is 18.4 Å². The summed E-state index contributed by atoms with van der Waals surface area (Å²) in [6.45, 7) is 9.58. The van der Waals surface area contributed by atoms with E-state index in [2.05, 4.69) is 38.0 Å². The van der Waals surface area contributed by atoms with E-state index < -0.39 is 12.1 Å². The molecule has 2 N–H and O–H groups in total. The van der Waals surface area contributed by atoms with Crippen LogP contribution in [0.3, 0.4) is 0 Å². The highest BCUT2D eigenvalue weighted by molar-refractivity contribution is 6.06. The molecule has 1 atom stereocenters.